The summed E-state index contributed by atoms with van der Waals surface area (Å²) in [6.45, 7) is 0. The Kier molecular flexibility index (Phi) is 3.34. The molecule has 0 aliphatic rings. The van der Waals surface area contributed by atoms with Gasteiger partial charge in [0.15, 0.2) is 0 Å². The van der Waals surface area contributed by atoms with Gasteiger partial charge in [-0.3, -0.25) is 4.79 Å². The van der Waals surface area contributed by atoms with Crippen molar-refractivity contribution in [3.8, 4) is 0 Å². The molecule has 0 aliphatic carbocycles. The number of primary amides is 1. The number of benzene rings is 1. The zero-order valence-corrected chi connectivity index (χ0v) is 9.09. The molecule has 0 fully saturated rings. The van der Waals surface area contributed by atoms with E-state index >= 15 is 0 Å². The molecular weight excluding hydrogens is 288 g/mol. The summed E-state index contributed by atoms with van der Waals surface area (Å²) in [5, 5.41) is 0.598. The number of hydrogen-bond donors (Lipinski definition) is 1. The van der Waals surface area contributed by atoms with Crippen molar-refractivity contribution < 1.29 is 4.79 Å². The topological polar surface area (TPSA) is 43.1 Å². The third-order valence-electron chi connectivity index (χ3n) is 1.48. The number of alkyl halides is 1. The molecule has 1 aromatic carbocycles. The Morgan fingerprint density at radius 1 is 1.58 bits per heavy atom. The zero-order chi connectivity index (χ0) is 9.14. The smallest absolute Gasteiger partial charge is 0.248 e. The SMILES string of the molecule is NC(=O)c1ccc(CI)c(Cl)c1. The molecule has 0 bridgehead atoms. The van der Waals surface area contributed by atoms with Gasteiger partial charge in [-0.05, 0) is 17.7 Å². The maximum absolute atomic E-state index is 10.7. The second-order valence-electron chi connectivity index (χ2n) is 2.30. The van der Waals surface area contributed by atoms with Crippen LogP contribution in [0.1, 0.15) is 15.9 Å². The number of amides is 1. The zero-order valence-electron chi connectivity index (χ0n) is 6.18. The van der Waals surface area contributed by atoms with Crippen LogP contribution in [0.25, 0.3) is 0 Å². The average molecular weight is 296 g/mol. The van der Waals surface area contributed by atoms with E-state index in [0.29, 0.717) is 10.6 Å². The van der Waals surface area contributed by atoms with Crippen LogP contribution in [0.15, 0.2) is 18.2 Å². The lowest BCUT2D eigenvalue weighted by atomic mass is 10.1. The molecule has 1 aromatic rings. The maximum atomic E-state index is 10.7. The van der Waals surface area contributed by atoms with Crippen LogP contribution in [0.4, 0.5) is 0 Å². The van der Waals surface area contributed by atoms with Gasteiger partial charge in [0.2, 0.25) is 5.91 Å². The van der Waals surface area contributed by atoms with E-state index in [4.69, 9.17) is 17.3 Å². The van der Waals surface area contributed by atoms with Gasteiger partial charge in [-0.1, -0.05) is 40.3 Å². The molecule has 0 atom stereocenters. The summed E-state index contributed by atoms with van der Waals surface area (Å²) in [5.74, 6) is -0.447. The van der Waals surface area contributed by atoms with Gasteiger partial charge in [0.05, 0.1) is 0 Å². The van der Waals surface area contributed by atoms with Crippen LogP contribution < -0.4 is 5.73 Å². The largest absolute Gasteiger partial charge is 0.366 e. The van der Waals surface area contributed by atoms with E-state index in [1.165, 1.54) is 0 Å². The first-order chi connectivity index (χ1) is 5.65. The molecule has 64 valence electrons. The van der Waals surface area contributed by atoms with E-state index in [1.54, 1.807) is 12.1 Å². The van der Waals surface area contributed by atoms with Crippen LogP contribution in [0.3, 0.4) is 0 Å². The lowest BCUT2D eigenvalue weighted by Crippen LogP contribution is -2.10. The Bertz CT molecular complexity index is 314. The van der Waals surface area contributed by atoms with Gasteiger partial charge in [0.1, 0.15) is 0 Å². The third-order valence-corrected chi connectivity index (χ3v) is 2.66. The van der Waals surface area contributed by atoms with Crippen molar-refractivity contribution in [2.45, 2.75) is 4.43 Å². The minimum absolute atomic E-state index is 0.447. The predicted octanol–water partition coefficient (Wildman–Crippen LogP) is 2.37. The Hall–Kier alpha value is -0.290. The third kappa shape index (κ3) is 2.10. The normalized spacial score (nSPS) is 9.83. The summed E-state index contributed by atoms with van der Waals surface area (Å²) in [5.41, 5.74) is 6.54. The quantitative estimate of drug-likeness (QED) is 0.660. The molecule has 1 rings (SSSR count). The van der Waals surface area contributed by atoms with Crippen LogP contribution in [-0.4, -0.2) is 5.91 Å². The van der Waals surface area contributed by atoms with Gasteiger partial charge in [0, 0.05) is 15.0 Å². The Balaban J connectivity index is 3.10. The van der Waals surface area contributed by atoms with Crippen molar-refractivity contribution in [2.24, 2.45) is 5.73 Å². The standard InChI is InChI=1S/C8H7ClINO/c9-7-3-5(8(11)12)1-2-6(7)4-10/h1-3H,4H2,(H2,11,12). The number of rotatable bonds is 2. The number of carbonyl (C=O) groups is 1. The second kappa shape index (κ2) is 4.09. The molecule has 0 saturated heterocycles. The van der Waals surface area contributed by atoms with E-state index in [1.807, 2.05) is 6.07 Å². The molecule has 0 aromatic heterocycles. The molecule has 0 saturated carbocycles. The number of halogens is 2. The predicted molar refractivity (Wildman–Crippen MR) is 57.7 cm³/mol. The molecule has 0 unspecified atom stereocenters. The van der Waals surface area contributed by atoms with Gasteiger partial charge in [-0.2, -0.15) is 0 Å². The summed E-state index contributed by atoms with van der Waals surface area (Å²) in [6, 6.07) is 5.09. The highest BCUT2D eigenvalue weighted by molar-refractivity contribution is 14.1. The average Bonchev–Trinajstić information content (AvgIpc) is 2.04. The van der Waals surface area contributed by atoms with Gasteiger partial charge in [0.25, 0.3) is 0 Å². The fraction of sp³-hybridized carbons (Fsp3) is 0.125. The molecule has 2 nitrogen and oxygen atoms in total. The summed E-state index contributed by atoms with van der Waals surface area (Å²) in [6.07, 6.45) is 0. The lowest BCUT2D eigenvalue weighted by Gasteiger charge is -2.00. The van der Waals surface area contributed by atoms with Gasteiger partial charge in [-0.15, -0.1) is 0 Å². The molecule has 0 heterocycles. The summed E-state index contributed by atoms with van der Waals surface area (Å²) in [4.78, 5) is 10.7. The number of nitrogens with two attached hydrogens (primary N) is 1. The molecule has 2 N–H and O–H groups in total. The van der Waals surface area contributed by atoms with E-state index < -0.39 is 5.91 Å². The van der Waals surface area contributed by atoms with E-state index in [2.05, 4.69) is 22.6 Å². The summed E-state index contributed by atoms with van der Waals surface area (Å²) < 4.78 is 0.829. The second-order valence-corrected chi connectivity index (χ2v) is 3.47. The summed E-state index contributed by atoms with van der Waals surface area (Å²) in [7, 11) is 0. The van der Waals surface area contributed by atoms with E-state index in [-0.39, 0.29) is 0 Å². The first-order valence-corrected chi connectivity index (χ1v) is 5.19. The van der Waals surface area contributed by atoms with Crippen molar-refractivity contribution in [3.63, 3.8) is 0 Å². The first-order valence-electron chi connectivity index (χ1n) is 3.29. The maximum Gasteiger partial charge on any atom is 0.248 e. The van der Waals surface area contributed by atoms with Crippen molar-refractivity contribution in [2.75, 3.05) is 0 Å². The van der Waals surface area contributed by atoms with Crippen LogP contribution in [0.2, 0.25) is 5.02 Å². The Morgan fingerprint density at radius 2 is 2.25 bits per heavy atom. The monoisotopic (exact) mass is 295 g/mol. The highest BCUT2D eigenvalue weighted by atomic mass is 127. The minimum atomic E-state index is -0.447. The first kappa shape index (κ1) is 9.80. The fourth-order valence-corrected chi connectivity index (χ4v) is 1.95. The Labute approximate surface area is 89.2 Å². The van der Waals surface area contributed by atoms with Crippen molar-refractivity contribution in [1.82, 2.24) is 0 Å². The summed E-state index contributed by atoms with van der Waals surface area (Å²) >= 11 is 8.07. The Morgan fingerprint density at radius 3 is 2.67 bits per heavy atom. The van der Waals surface area contributed by atoms with Crippen LogP contribution in [0.5, 0.6) is 0 Å². The van der Waals surface area contributed by atoms with Crippen molar-refractivity contribution >= 4 is 40.1 Å². The van der Waals surface area contributed by atoms with Crippen molar-refractivity contribution in [1.29, 1.82) is 0 Å². The molecule has 0 radical (unpaired) electrons. The van der Waals surface area contributed by atoms with Gasteiger partial charge in [-0.25, -0.2) is 0 Å². The van der Waals surface area contributed by atoms with Crippen LogP contribution in [0, 0.1) is 0 Å². The highest BCUT2D eigenvalue weighted by Crippen LogP contribution is 2.19. The lowest BCUT2D eigenvalue weighted by molar-refractivity contribution is 0.100. The van der Waals surface area contributed by atoms with Crippen LogP contribution >= 0.6 is 34.2 Å². The van der Waals surface area contributed by atoms with Gasteiger partial charge < -0.3 is 5.73 Å². The molecular formula is C8H7ClINO. The molecule has 0 spiro atoms. The fourth-order valence-electron chi connectivity index (χ4n) is 0.809. The van der Waals surface area contributed by atoms with Crippen molar-refractivity contribution in [3.05, 3.63) is 34.3 Å². The molecule has 0 aliphatic heterocycles. The molecule has 12 heavy (non-hydrogen) atoms. The number of carbonyl (C=O) groups excluding carboxylic acids is 1. The van der Waals surface area contributed by atoms with E-state index in [9.17, 15) is 4.79 Å². The molecule has 4 heteroatoms. The highest BCUT2D eigenvalue weighted by Gasteiger charge is 2.03. The molecule has 1 amide bonds. The van der Waals surface area contributed by atoms with Gasteiger partial charge >= 0.3 is 0 Å². The minimum Gasteiger partial charge on any atom is -0.366 e. The van der Waals surface area contributed by atoms with Crippen LogP contribution in [-0.2, 0) is 4.43 Å². The number of hydrogen-bond acceptors (Lipinski definition) is 1. The van der Waals surface area contributed by atoms with E-state index in [0.717, 1.165) is 9.99 Å².